The lowest BCUT2D eigenvalue weighted by atomic mass is 10.0. The number of sulfone groups is 1. The molecule has 0 aliphatic heterocycles. The van der Waals surface area contributed by atoms with Gasteiger partial charge >= 0.3 is 6.09 Å². The molecule has 1 aliphatic rings. The van der Waals surface area contributed by atoms with E-state index in [2.05, 4.69) is 5.32 Å². The van der Waals surface area contributed by atoms with Gasteiger partial charge in [-0.1, -0.05) is 41.4 Å². The molecule has 3 atom stereocenters. The average molecular weight is 451 g/mol. The Morgan fingerprint density at radius 2 is 1.70 bits per heavy atom. The van der Waals surface area contributed by atoms with Crippen LogP contribution in [0.5, 0.6) is 0 Å². The molecule has 0 unspecified atom stereocenters. The van der Waals surface area contributed by atoms with Gasteiger partial charge in [-0.05, 0) is 57.5 Å². The number of benzene rings is 2. The first-order chi connectivity index (χ1) is 13.9. The summed E-state index contributed by atoms with van der Waals surface area (Å²) in [5.74, 6) is -0.503. The number of rotatable bonds is 5. The van der Waals surface area contributed by atoms with Gasteiger partial charge in [-0.25, -0.2) is 13.2 Å². The van der Waals surface area contributed by atoms with Crippen molar-refractivity contribution in [1.82, 2.24) is 5.32 Å². The normalized spacial score (nSPS) is 23.7. The number of ether oxygens (including phenoxy) is 1. The Balaban J connectivity index is 2.03. The number of nitrogens with two attached hydrogens (primary N) is 1. The minimum Gasteiger partial charge on any atom is -0.444 e. The van der Waals surface area contributed by atoms with E-state index in [0.717, 1.165) is 11.1 Å². The van der Waals surface area contributed by atoms with Crippen LogP contribution >= 0.6 is 11.6 Å². The fourth-order valence-corrected chi connectivity index (χ4v) is 6.28. The van der Waals surface area contributed by atoms with E-state index in [1.54, 1.807) is 20.8 Å². The first-order valence-electron chi connectivity index (χ1n) is 9.68. The number of aryl methyl sites for hydroxylation is 1. The zero-order chi connectivity index (χ0) is 22.3. The summed E-state index contributed by atoms with van der Waals surface area (Å²) in [6.45, 7) is 7.13. The average Bonchev–Trinajstić information content (AvgIpc) is 3.30. The van der Waals surface area contributed by atoms with Crippen LogP contribution in [0.4, 0.5) is 4.79 Å². The van der Waals surface area contributed by atoms with Crippen molar-refractivity contribution >= 4 is 27.5 Å². The molecule has 6 nitrogen and oxygen atoms in total. The molecular weight excluding hydrogens is 424 g/mol. The maximum absolute atomic E-state index is 13.5. The maximum Gasteiger partial charge on any atom is 0.408 e. The number of halogens is 1. The Hall–Kier alpha value is -2.09. The summed E-state index contributed by atoms with van der Waals surface area (Å²) in [4.78, 5) is 12.7. The SMILES string of the molecule is Cc1ccc([C@H]2[C@H](S(=O)(=O)c3ccc(Cl)cc3)[C@@]2(CN)NC(=O)OC(C)(C)C)cc1. The van der Waals surface area contributed by atoms with Gasteiger partial charge in [0.1, 0.15) is 10.9 Å². The Bertz CT molecular complexity index is 1030. The van der Waals surface area contributed by atoms with Gasteiger partial charge in [0, 0.05) is 17.5 Å². The highest BCUT2D eigenvalue weighted by Gasteiger charge is 2.71. The number of nitrogens with one attached hydrogen (secondary N) is 1. The van der Waals surface area contributed by atoms with E-state index < -0.39 is 38.2 Å². The number of hydrogen-bond donors (Lipinski definition) is 2. The molecule has 1 saturated carbocycles. The lowest BCUT2D eigenvalue weighted by molar-refractivity contribution is 0.0497. The molecule has 3 rings (SSSR count). The van der Waals surface area contributed by atoms with Crippen molar-refractivity contribution in [3.05, 3.63) is 64.7 Å². The monoisotopic (exact) mass is 450 g/mol. The third-order valence-electron chi connectivity index (χ3n) is 5.24. The highest BCUT2D eigenvalue weighted by molar-refractivity contribution is 7.92. The Labute approximate surface area is 182 Å². The summed E-state index contributed by atoms with van der Waals surface area (Å²) in [7, 11) is -3.81. The van der Waals surface area contributed by atoms with E-state index in [4.69, 9.17) is 22.1 Å². The van der Waals surface area contributed by atoms with Gasteiger partial charge < -0.3 is 15.8 Å². The molecule has 8 heteroatoms. The summed E-state index contributed by atoms with van der Waals surface area (Å²) in [5.41, 5.74) is 6.02. The van der Waals surface area contributed by atoms with Gasteiger partial charge in [-0.15, -0.1) is 0 Å². The summed E-state index contributed by atoms with van der Waals surface area (Å²) in [6.07, 6.45) is -0.695. The zero-order valence-corrected chi connectivity index (χ0v) is 19.0. The lowest BCUT2D eigenvalue weighted by Gasteiger charge is -2.24. The van der Waals surface area contributed by atoms with Crippen molar-refractivity contribution in [3.63, 3.8) is 0 Å². The minimum absolute atomic E-state index is 0.0533. The summed E-state index contributed by atoms with van der Waals surface area (Å²) >= 11 is 5.92. The van der Waals surface area contributed by atoms with Gasteiger partial charge in [-0.3, -0.25) is 0 Å². The molecule has 30 heavy (non-hydrogen) atoms. The minimum atomic E-state index is -3.81. The van der Waals surface area contributed by atoms with Crippen molar-refractivity contribution in [1.29, 1.82) is 0 Å². The van der Waals surface area contributed by atoms with Crippen LogP contribution < -0.4 is 11.1 Å². The highest BCUT2D eigenvalue weighted by Crippen LogP contribution is 2.57. The predicted molar refractivity (Wildman–Crippen MR) is 118 cm³/mol. The molecule has 0 heterocycles. The van der Waals surface area contributed by atoms with Gasteiger partial charge in [-0.2, -0.15) is 0 Å². The van der Waals surface area contributed by atoms with Crippen molar-refractivity contribution in [3.8, 4) is 0 Å². The van der Waals surface area contributed by atoms with Gasteiger partial charge in [0.05, 0.1) is 10.4 Å². The molecule has 0 bridgehead atoms. The molecule has 1 aliphatic carbocycles. The van der Waals surface area contributed by atoms with E-state index in [9.17, 15) is 13.2 Å². The Morgan fingerprint density at radius 1 is 1.13 bits per heavy atom. The lowest BCUT2D eigenvalue weighted by Crippen LogP contribution is -2.49. The molecule has 2 aromatic carbocycles. The highest BCUT2D eigenvalue weighted by atomic mass is 35.5. The van der Waals surface area contributed by atoms with E-state index in [0.29, 0.717) is 5.02 Å². The van der Waals surface area contributed by atoms with Gasteiger partial charge in [0.25, 0.3) is 0 Å². The second-order valence-corrected chi connectivity index (χ2v) is 11.2. The Morgan fingerprint density at radius 3 is 2.20 bits per heavy atom. The fraction of sp³-hybridized carbons (Fsp3) is 0.409. The molecule has 3 N–H and O–H groups in total. The largest absolute Gasteiger partial charge is 0.444 e. The zero-order valence-electron chi connectivity index (χ0n) is 17.5. The molecule has 2 aromatic rings. The number of carbonyl (C=O) groups is 1. The van der Waals surface area contributed by atoms with E-state index in [-0.39, 0.29) is 11.4 Å². The van der Waals surface area contributed by atoms with Crippen LogP contribution in [0.1, 0.15) is 37.8 Å². The van der Waals surface area contributed by atoms with Crippen LogP contribution in [0, 0.1) is 6.92 Å². The van der Waals surface area contributed by atoms with Crippen molar-refractivity contribution in [2.45, 2.75) is 54.9 Å². The quantitative estimate of drug-likeness (QED) is 0.721. The van der Waals surface area contributed by atoms with Crippen molar-refractivity contribution in [2.75, 3.05) is 6.54 Å². The number of alkyl carbamates (subject to hydrolysis) is 1. The second-order valence-electron chi connectivity index (χ2n) is 8.68. The predicted octanol–water partition coefficient (Wildman–Crippen LogP) is 3.81. The first kappa shape index (κ1) is 22.6. The molecule has 162 valence electrons. The van der Waals surface area contributed by atoms with Gasteiger partial charge in [0.2, 0.25) is 0 Å². The first-order valence-corrected chi connectivity index (χ1v) is 11.6. The van der Waals surface area contributed by atoms with Crippen LogP contribution in [-0.4, -0.2) is 37.4 Å². The number of amides is 1. The number of carbonyl (C=O) groups excluding carboxylic acids is 1. The van der Waals surface area contributed by atoms with Gasteiger partial charge in [0.15, 0.2) is 9.84 Å². The summed E-state index contributed by atoms with van der Waals surface area (Å²) in [6, 6.07) is 13.6. The van der Waals surface area contributed by atoms with Crippen LogP contribution in [0.25, 0.3) is 0 Å². The van der Waals surface area contributed by atoms with E-state index in [1.165, 1.54) is 24.3 Å². The topological polar surface area (TPSA) is 98.5 Å². The fourth-order valence-electron chi connectivity index (χ4n) is 3.81. The maximum atomic E-state index is 13.5. The van der Waals surface area contributed by atoms with Crippen LogP contribution in [0.15, 0.2) is 53.4 Å². The van der Waals surface area contributed by atoms with Crippen molar-refractivity contribution < 1.29 is 17.9 Å². The molecule has 1 fully saturated rings. The standard InChI is InChI=1S/C22H27ClN2O4S/c1-14-5-7-15(8-6-14)18-19(30(27,28)17-11-9-16(23)10-12-17)22(18,13-24)25-20(26)29-21(2,3)4/h5-12,18-19H,13,24H2,1-4H3,(H,25,26)/t18-,19-,22-/m0/s1. The Kier molecular flexibility index (Phi) is 5.93. The number of hydrogen-bond acceptors (Lipinski definition) is 5. The van der Waals surface area contributed by atoms with E-state index >= 15 is 0 Å². The van der Waals surface area contributed by atoms with E-state index in [1.807, 2.05) is 31.2 Å². The molecule has 0 aromatic heterocycles. The molecule has 0 saturated heterocycles. The second kappa shape index (κ2) is 7.87. The molecular formula is C22H27ClN2O4S. The van der Waals surface area contributed by atoms with Crippen LogP contribution in [0.2, 0.25) is 5.02 Å². The third-order valence-corrected chi connectivity index (χ3v) is 7.78. The third kappa shape index (κ3) is 4.33. The van der Waals surface area contributed by atoms with Crippen LogP contribution in [-0.2, 0) is 14.6 Å². The summed E-state index contributed by atoms with van der Waals surface area (Å²) < 4.78 is 32.4. The van der Waals surface area contributed by atoms with Crippen molar-refractivity contribution in [2.24, 2.45) is 5.73 Å². The smallest absolute Gasteiger partial charge is 0.408 e. The van der Waals surface area contributed by atoms with Crippen LogP contribution in [0.3, 0.4) is 0 Å². The molecule has 0 spiro atoms. The molecule has 1 amide bonds. The molecule has 0 radical (unpaired) electrons. The summed E-state index contributed by atoms with van der Waals surface area (Å²) in [5, 5.41) is 2.30.